The van der Waals surface area contributed by atoms with E-state index in [1.165, 1.54) is 23.4 Å². The highest BCUT2D eigenvalue weighted by atomic mass is 16.5. The summed E-state index contributed by atoms with van der Waals surface area (Å²) >= 11 is 0. The van der Waals surface area contributed by atoms with Gasteiger partial charge < -0.3 is 24.9 Å². The molecule has 5 rings (SSSR count). The maximum Gasteiger partial charge on any atom is 0.335 e. The summed E-state index contributed by atoms with van der Waals surface area (Å²) in [6.07, 6.45) is 4.27. The number of fused-ring (bicyclic) bond motifs is 5. The standard InChI is InChI=1S/C29H33N3O5/c1-4-17-15-32-13-12-20-26-23(6-5-7-25(26)37-3)31-27(20)24(32)14-21(17)22(16-36-2)28(33)30-19-10-8-18(9-11-19)29(34)35/h5-11,16-17,21,24,31H,4,12-15H2,1-3H3,(H,30,33)(H,34,35)/b22-16+. The van der Waals surface area contributed by atoms with Crippen molar-refractivity contribution in [3.05, 3.63) is 71.1 Å². The van der Waals surface area contributed by atoms with Crippen LogP contribution in [0.1, 0.15) is 47.4 Å². The number of nitrogens with zero attached hydrogens (tertiary/aromatic N) is 1. The molecule has 3 unspecified atom stereocenters. The molecule has 0 aliphatic carbocycles. The summed E-state index contributed by atoms with van der Waals surface area (Å²) in [4.78, 5) is 30.9. The SMILES string of the molecule is CCC1CN2CCc3c([nH]c4cccc(OC)c34)C2CC1/C(=C\OC)C(=O)Nc1ccc(C(=O)O)cc1. The number of aromatic nitrogens is 1. The van der Waals surface area contributed by atoms with E-state index in [4.69, 9.17) is 14.6 Å². The summed E-state index contributed by atoms with van der Waals surface area (Å²) in [7, 11) is 3.27. The molecule has 0 radical (unpaired) electrons. The van der Waals surface area contributed by atoms with Crippen molar-refractivity contribution >= 4 is 28.5 Å². The largest absolute Gasteiger partial charge is 0.504 e. The molecule has 1 saturated heterocycles. The molecule has 2 aliphatic rings. The second kappa shape index (κ2) is 10.3. The number of hydrogen-bond donors (Lipinski definition) is 3. The van der Waals surface area contributed by atoms with Crippen LogP contribution in [0.5, 0.6) is 5.75 Å². The van der Waals surface area contributed by atoms with Crippen LogP contribution < -0.4 is 10.1 Å². The Labute approximate surface area is 216 Å². The number of aromatic carboxylic acids is 1. The summed E-state index contributed by atoms with van der Waals surface area (Å²) in [6.45, 7) is 4.05. The molecule has 1 amide bonds. The number of H-pyrrole nitrogens is 1. The summed E-state index contributed by atoms with van der Waals surface area (Å²) in [6, 6.07) is 12.5. The summed E-state index contributed by atoms with van der Waals surface area (Å²) in [5.41, 5.74) is 4.93. The maximum atomic E-state index is 13.5. The van der Waals surface area contributed by atoms with Crippen molar-refractivity contribution in [1.82, 2.24) is 9.88 Å². The topological polar surface area (TPSA) is 104 Å². The molecule has 0 saturated carbocycles. The minimum Gasteiger partial charge on any atom is -0.504 e. The van der Waals surface area contributed by atoms with Crippen LogP contribution in [0, 0.1) is 11.8 Å². The van der Waals surface area contributed by atoms with Crippen molar-refractivity contribution in [3.8, 4) is 5.75 Å². The minimum atomic E-state index is -1.00. The van der Waals surface area contributed by atoms with Gasteiger partial charge in [-0.3, -0.25) is 9.69 Å². The molecular formula is C29H33N3O5. The van der Waals surface area contributed by atoms with E-state index in [1.807, 2.05) is 12.1 Å². The van der Waals surface area contributed by atoms with Crippen molar-refractivity contribution in [2.75, 3.05) is 32.6 Å². The van der Waals surface area contributed by atoms with E-state index in [0.717, 1.165) is 49.0 Å². The van der Waals surface area contributed by atoms with Crippen LogP contribution in [0.2, 0.25) is 0 Å². The normalized spacial score (nSPS) is 21.7. The van der Waals surface area contributed by atoms with Gasteiger partial charge in [-0.1, -0.05) is 19.4 Å². The summed E-state index contributed by atoms with van der Waals surface area (Å²) in [5, 5.41) is 13.3. The number of carboxylic acid groups (broad SMARTS) is 1. The minimum absolute atomic E-state index is 0.00347. The number of nitrogens with one attached hydrogen (secondary N) is 2. The Kier molecular flexibility index (Phi) is 6.93. The third-order valence-corrected chi connectivity index (χ3v) is 7.90. The van der Waals surface area contributed by atoms with Gasteiger partial charge in [0.1, 0.15) is 5.75 Å². The van der Waals surface area contributed by atoms with Gasteiger partial charge in [0.25, 0.3) is 5.91 Å². The molecule has 2 aliphatic heterocycles. The number of methoxy groups -OCH3 is 2. The molecule has 194 valence electrons. The average Bonchev–Trinajstić information content (AvgIpc) is 3.30. The first-order valence-electron chi connectivity index (χ1n) is 12.7. The predicted octanol–water partition coefficient (Wildman–Crippen LogP) is 4.99. The van der Waals surface area contributed by atoms with Gasteiger partial charge in [-0.15, -0.1) is 0 Å². The molecule has 1 fully saturated rings. The second-order valence-electron chi connectivity index (χ2n) is 9.82. The van der Waals surface area contributed by atoms with Gasteiger partial charge in [-0.2, -0.15) is 0 Å². The highest BCUT2D eigenvalue weighted by Gasteiger charge is 2.42. The van der Waals surface area contributed by atoms with Gasteiger partial charge >= 0.3 is 5.97 Å². The number of benzene rings is 2. The Bertz CT molecular complexity index is 1340. The number of ether oxygens (including phenoxy) is 2. The van der Waals surface area contributed by atoms with Crippen molar-refractivity contribution in [1.29, 1.82) is 0 Å². The van der Waals surface area contributed by atoms with Crippen LogP contribution in [0.25, 0.3) is 10.9 Å². The Balaban J connectivity index is 1.45. The lowest BCUT2D eigenvalue weighted by atomic mass is 9.74. The molecule has 37 heavy (non-hydrogen) atoms. The number of piperidine rings is 1. The Hall–Kier alpha value is -3.78. The average molecular weight is 504 g/mol. The number of carboxylic acids is 1. The molecule has 3 N–H and O–H groups in total. The lowest BCUT2D eigenvalue weighted by molar-refractivity contribution is -0.114. The number of rotatable bonds is 7. The van der Waals surface area contributed by atoms with Gasteiger partial charge in [-0.25, -0.2) is 4.79 Å². The lowest BCUT2D eigenvalue weighted by Crippen LogP contribution is -2.47. The van der Waals surface area contributed by atoms with E-state index in [-0.39, 0.29) is 23.4 Å². The van der Waals surface area contributed by atoms with Crippen molar-refractivity contribution in [3.63, 3.8) is 0 Å². The summed E-state index contributed by atoms with van der Waals surface area (Å²) < 4.78 is 11.1. The van der Waals surface area contributed by atoms with Gasteiger partial charge in [0.15, 0.2) is 0 Å². The van der Waals surface area contributed by atoms with Crippen LogP contribution in [-0.2, 0) is 16.0 Å². The van der Waals surface area contributed by atoms with Crippen molar-refractivity contribution in [2.24, 2.45) is 11.8 Å². The van der Waals surface area contributed by atoms with E-state index < -0.39 is 5.97 Å². The molecule has 1 aromatic heterocycles. The van der Waals surface area contributed by atoms with E-state index in [0.29, 0.717) is 17.2 Å². The second-order valence-corrected chi connectivity index (χ2v) is 9.82. The third-order valence-electron chi connectivity index (χ3n) is 7.90. The van der Waals surface area contributed by atoms with Crippen molar-refractivity contribution < 1.29 is 24.2 Å². The van der Waals surface area contributed by atoms with Gasteiger partial charge in [0.2, 0.25) is 0 Å². The molecule has 0 spiro atoms. The smallest absolute Gasteiger partial charge is 0.335 e. The highest BCUT2D eigenvalue weighted by molar-refractivity contribution is 6.04. The van der Waals surface area contributed by atoms with Crippen molar-refractivity contribution in [2.45, 2.75) is 32.2 Å². The number of carbonyl (C=O) groups is 2. The maximum absolute atomic E-state index is 13.5. The fourth-order valence-corrected chi connectivity index (χ4v) is 6.09. The Morgan fingerprint density at radius 1 is 1.19 bits per heavy atom. The van der Waals surface area contributed by atoms with Gasteiger partial charge in [0, 0.05) is 35.4 Å². The van der Waals surface area contributed by atoms with Crippen LogP contribution in [0.15, 0.2) is 54.3 Å². The molecule has 0 bridgehead atoms. The van der Waals surface area contributed by atoms with E-state index in [1.54, 1.807) is 32.6 Å². The molecule has 8 nitrogen and oxygen atoms in total. The first-order valence-corrected chi connectivity index (χ1v) is 12.7. The first-order chi connectivity index (χ1) is 17.9. The Morgan fingerprint density at radius 3 is 2.65 bits per heavy atom. The zero-order valence-corrected chi connectivity index (χ0v) is 21.4. The van der Waals surface area contributed by atoms with Crippen LogP contribution in [0.3, 0.4) is 0 Å². The predicted molar refractivity (Wildman–Crippen MR) is 142 cm³/mol. The molecule has 3 heterocycles. The molecule has 8 heteroatoms. The summed E-state index contributed by atoms with van der Waals surface area (Å²) in [5.74, 6) is -0.0366. The van der Waals surface area contributed by atoms with E-state index in [9.17, 15) is 9.59 Å². The monoisotopic (exact) mass is 503 g/mol. The first kappa shape index (κ1) is 24.9. The number of aromatic amines is 1. The molecule has 3 atom stereocenters. The lowest BCUT2D eigenvalue weighted by Gasteiger charge is -2.46. The number of carbonyl (C=O) groups excluding carboxylic acids is 1. The molecule has 2 aromatic carbocycles. The van der Waals surface area contributed by atoms with Crippen LogP contribution in [0.4, 0.5) is 5.69 Å². The Morgan fingerprint density at radius 2 is 1.97 bits per heavy atom. The molecular weight excluding hydrogens is 470 g/mol. The number of hydrogen-bond acceptors (Lipinski definition) is 5. The quantitative estimate of drug-likeness (QED) is 0.310. The third kappa shape index (κ3) is 4.57. The molecule has 3 aromatic rings. The van der Waals surface area contributed by atoms with Crippen LogP contribution >= 0.6 is 0 Å². The van der Waals surface area contributed by atoms with Crippen LogP contribution in [-0.4, -0.2) is 54.2 Å². The van der Waals surface area contributed by atoms with Gasteiger partial charge in [0.05, 0.1) is 37.7 Å². The van der Waals surface area contributed by atoms with Gasteiger partial charge in [-0.05, 0) is 66.6 Å². The van der Waals surface area contributed by atoms with E-state index in [2.05, 4.69) is 28.2 Å². The zero-order chi connectivity index (χ0) is 26.1. The van der Waals surface area contributed by atoms with E-state index >= 15 is 0 Å². The fraction of sp³-hybridized carbons (Fsp3) is 0.379. The number of anilines is 1. The highest BCUT2D eigenvalue weighted by Crippen LogP contribution is 2.47. The fourth-order valence-electron chi connectivity index (χ4n) is 6.09. The zero-order valence-electron chi connectivity index (χ0n) is 21.4. The number of amides is 1.